The van der Waals surface area contributed by atoms with Crippen molar-refractivity contribution in [2.75, 3.05) is 25.5 Å². The molecule has 1 aromatic heterocycles. The molecule has 0 fully saturated rings. The summed E-state index contributed by atoms with van der Waals surface area (Å²) < 4.78 is 1.99. The first-order chi connectivity index (χ1) is 8.11. The highest BCUT2D eigenvalue weighted by molar-refractivity contribution is 5.49. The van der Waals surface area contributed by atoms with Gasteiger partial charge >= 0.3 is 0 Å². The molecule has 0 radical (unpaired) electrons. The summed E-state index contributed by atoms with van der Waals surface area (Å²) in [5.74, 6) is 1.24. The zero-order valence-corrected chi connectivity index (χ0v) is 11.9. The molecule has 17 heavy (non-hydrogen) atoms. The van der Waals surface area contributed by atoms with E-state index in [1.54, 1.807) is 0 Å². The van der Waals surface area contributed by atoms with Crippen molar-refractivity contribution in [2.45, 2.75) is 39.7 Å². The van der Waals surface area contributed by atoms with Gasteiger partial charge in [0.25, 0.3) is 0 Å². The fourth-order valence-electron chi connectivity index (χ4n) is 2.26. The third-order valence-electron chi connectivity index (χ3n) is 3.13. The molecular weight excluding hydrogens is 212 g/mol. The summed E-state index contributed by atoms with van der Waals surface area (Å²) in [6.45, 7) is 6.30. The summed E-state index contributed by atoms with van der Waals surface area (Å²) >= 11 is 0. The third-order valence-corrected chi connectivity index (χ3v) is 3.13. The summed E-state index contributed by atoms with van der Waals surface area (Å²) in [5, 5.41) is 7.73. The number of nitrogens with one attached hydrogen (secondary N) is 1. The molecule has 4 heteroatoms. The molecule has 0 amide bonds. The SMILES string of the molecule is CCCCCN(C)c1c(CNC)c(C)nn1C. The fourth-order valence-corrected chi connectivity index (χ4v) is 2.26. The number of unbranched alkanes of at least 4 members (excludes halogenated alkanes) is 2. The van der Waals surface area contributed by atoms with Crippen LogP contribution in [0.15, 0.2) is 0 Å². The van der Waals surface area contributed by atoms with E-state index in [0.717, 1.165) is 18.8 Å². The van der Waals surface area contributed by atoms with Gasteiger partial charge in [-0.25, -0.2) is 0 Å². The summed E-state index contributed by atoms with van der Waals surface area (Å²) in [5.41, 5.74) is 2.44. The van der Waals surface area contributed by atoms with Gasteiger partial charge in [-0.3, -0.25) is 4.68 Å². The van der Waals surface area contributed by atoms with E-state index in [2.05, 4.69) is 36.2 Å². The Hall–Kier alpha value is -1.03. The van der Waals surface area contributed by atoms with E-state index in [0.29, 0.717) is 0 Å². The topological polar surface area (TPSA) is 33.1 Å². The minimum atomic E-state index is 0.882. The zero-order valence-electron chi connectivity index (χ0n) is 11.9. The minimum Gasteiger partial charge on any atom is -0.360 e. The van der Waals surface area contributed by atoms with E-state index >= 15 is 0 Å². The van der Waals surface area contributed by atoms with Crippen LogP contribution in [0.2, 0.25) is 0 Å². The van der Waals surface area contributed by atoms with Gasteiger partial charge < -0.3 is 10.2 Å². The van der Waals surface area contributed by atoms with E-state index in [1.807, 2.05) is 18.8 Å². The second-order valence-electron chi connectivity index (χ2n) is 4.67. The molecule has 4 nitrogen and oxygen atoms in total. The van der Waals surface area contributed by atoms with E-state index in [1.165, 1.54) is 30.6 Å². The van der Waals surface area contributed by atoms with Crippen molar-refractivity contribution in [1.82, 2.24) is 15.1 Å². The van der Waals surface area contributed by atoms with Crippen molar-refractivity contribution in [3.63, 3.8) is 0 Å². The van der Waals surface area contributed by atoms with Crippen LogP contribution in [0, 0.1) is 6.92 Å². The third kappa shape index (κ3) is 3.46. The number of aryl methyl sites for hydroxylation is 2. The summed E-state index contributed by atoms with van der Waals surface area (Å²) in [6.07, 6.45) is 3.81. The van der Waals surface area contributed by atoms with E-state index in [9.17, 15) is 0 Å². The van der Waals surface area contributed by atoms with Crippen molar-refractivity contribution >= 4 is 5.82 Å². The summed E-state index contributed by atoms with van der Waals surface area (Å²) in [6, 6.07) is 0. The van der Waals surface area contributed by atoms with Crippen LogP contribution in [0.3, 0.4) is 0 Å². The van der Waals surface area contributed by atoms with Crippen molar-refractivity contribution in [3.8, 4) is 0 Å². The lowest BCUT2D eigenvalue weighted by Crippen LogP contribution is -2.23. The van der Waals surface area contributed by atoms with E-state index < -0.39 is 0 Å². The quantitative estimate of drug-likeness (QED) is 0.738. The lowest BCUT2D eigenvalue weighted by atomic mass is 10.2. The standard InChI is InChI=1S/C13H26N4/c1-6-7-8-9-16(4)13-12(10-14-3)11(2)15-17(13)5/h14H,6-10H2,1-5H3. The van der Waals surface area contributed by atoms with Crippen molar-refractivity contribution in [1.29, 1.82) is 0 Å². The van der Waals surface area contributed by atoms with Crippen LogP contribution in [-0.4, -0.2) is 30.4 Å². The van der Waals surface area contributed by atoms with Gasteiger partial charge in [-0.15, -0.1) is 0 Å². The minimum absolute atomic E-state index is 0.882. The largest absolute Gasteiger partial charge is 0.360 e. The van der Waals surface area contributed by atoms with Crippen molar-refractivity contribution < 1.29 is 0 Å². The second kappa shape index (κ2) is 6.64. The summed E-state index contributed by atoms with van der Waals surface area (Å²) in [7, 11) is 6.16. The van der Waals surface area contributed by atoms with Crippen LogP contribution in [-0.2, 0) is 13.6 Å². The van der Waals surface area contributed by atoms with E-state index in [-0.39, 0.29) is 0 Å². The molecule has 0 atom stereocenters. The smallest absolute Gasteiger partial charge is 0.131 e. The number of anilines is 1. The van der Waals surface area contributed by atoms with Crippen LogP contribution < -0.4 is 10.2 Å². The molecular formula is C13H26N4. The maximum atomic E-state index is 4.51. The Labute approximate surface area is 105 Å². The van der Waals surface area contributed by atoms with Crippen LogP contribution >= 0.6 is 0 Å². The average molecular weight is 238 g/mol. The number of hydrogen-bond acceptors (Lipinski definition) is 3. The van der Waals surface area contributed by atoms with Crippen molar-refractivity contribution in [3.05, 3.63) is 11.3 Å². The molecule has 0 bridgehead atoms. The fraction of sp³-hybridized carbons (Fsp3) is 0.769. The Morgan fingerprint density at radius 3 is 2.65 bits per heavy atom. The number of aromatic nitrogens is 2. The molecule has 0 unspecified atom stereocenters. The average Bonchev–Trinajstić information content (AvgIpc) is 2.55. The van der Waals surface area contributed by atoms with Gasteiger partial charge in [0.2, 0.25) is 0 Å². The van der Waals surface area contributed by atoms with Gasteiger partial charge in [-0.2, -0.15) is 5.10 Å². The molecule has 1 N–H and O–H groups in total. The lowest BCUT2D eigenvalue weighted by Gasteiger charge is -2.21. The molecule has 0 aromatic carbocycles. The monoisotopic (exact) mass is 238 g/mol. The maximum Gasteiger partial charge on any atom is 0.131 e. The second-order valence-corrected chi connectivity index (χ2v) is 4.67. The normalized spacial score (nSPS) is 10.9. The predicted octanol–water partition coefficient (Wildman–Crippen LogP) is 2.07. The van der Waals surface area contributed by atoms with Crippen LogP contribution in [0.4, 0.5) is 5.82 Å². The van der Waals surface area contributed by atoms with Crippen LogP contribution in [0.25, 0.3) is 0 Å². The highest BCUT2D eigenvalue weighted by Crippen LogP contribution is 2.22. The molecule has 1 rings (SSSR count). The molecule has 0 aliphatic heterocycles. The van der Waals surface area contributed by atoms with Crippen LogP contribution in [0.1, 0.15) is 37.4 Å². The van der Waals surface area contributed by atoms with Gasteiger partial charge in [0.1, 0.15) is 5.82 Å². The molecule has 98 valence electrons. The zero-order chi connectivity index (χ0) is 12.8. The molecule has 0 saturated carbocycles. The first-order valence-corrected chi connectivity index (χ1v) is 6.50. The highest BCUT2D eigenvalue weighted by Gasteiger charge is 2.15. The lowest BCUT2D eigenvalue weighted by molar-refractivity contribution is 0.673. The number of nitrogens with zero attached hydrogens (tertiary/aromatic N) is 3. The van der Waals surface area contributed by atoms with Gasteiger partial charge in [-0.1, -0.05) is 19.8 Å². The first-order valence-electron chi connectivity index (χ1n) is 6.50. The molecule has 0 saturated heterocycles. The van der Waals surface area contributed by atoms with Gasteiger partial charge in [-0.05, 0) is 20.4 Å². The molecule has 0 aliphatic rings. The van der Waals surface area contributed by atoms with E-state index in [4.69, 9.17) is 0 Å². The first kappa shape index (κ1) is 14.0. The van der Waals surface area contributed by atoms with Crippen LogP contribution in [0.5, 0.6) is 0 Å². The summed E-state index contributed by atoms with van der Waals surface area (Å²) in [4.78, 5) is 2.32. The molecule has 1 heterocycles. The highest BCUT2D eigenvalue weighted by atomic mass is 15.4. The molecule has 0 aliphatic carbocycles. The molecule has 0 spiro atoms. The predicted molar refractivity (Wildman–Crippen MR) is 73.5 cm³/mol. The Kier molecular flexibility index (Phi) is 5.48. The van der Waals surface area contributed by atoms with Gasteiger partial charge in [0, 0.05) is 32.7 Å². The Morgan fingerprint density at radius 1 is 1.35 bits per heavy atom. The van der Waals surface area contributed by atoms with Crippen molar-refractivity contribution in [2.24, 2.45) is 7.05 Å². The van der Waals surface area contributed by atoms with Gasteiger partial charge in [0.15, 0.2) is 0 Å². The molecule has 1 aromatic rings. The number of rotatable bonds is 7. The van der Waals surface area contributed by atoms with Gasteiger partial charge in [0.05, 0.1) is 5.69 Å². The number of hydrogen-bond donors (Lipinski definition) is 1. The Bertz CT molecular complexity index is 343. The maximum absolute atomic E-state index is 4.51. The Balaban J connectivity index is 2.79. The Morgan fingerprint density at radius 2 is 2.06 bits per heavy atom.